The predicted molar refractivity (Wildman–Crippen MR) is 238 cm³/mol. The summed E-state index contributed by atoms with van der Waals surface area (Å²) in [4.78, 5) is 54.2. The van der Waals surface area contributed by atoms with Crippen LogP contribution in [0.4, 0.5) is 17.1 Å². The highest BCUT2D eigenvalue weighted by Crippen LogP contribution is 2.39. The molecule has 2 atom stereocenters. The second kappa shape index (κ2) is 29.1. The summed E-state index contributed by atoms with van der Waals surface area (Å²) >= 11 is 22.4. The number of methoxy groups -OCH3 is 1. The molecule has 6 N–H and O–H groups in total. The Labute approximate surface area is 365 Å². The highest BCUT2D eigenvalue weighted by Gasteiger charge is 2.21. The molecule has 0 radical (unpaired) electrons. The van der Waals surface area contributed by atoms with Crippen LogP contribution >= 0.6 is 53.8 Å². The van der Waals surface area contributed by atoms with Crippen LogP contribution in [0.3, 0.4) is 0 Å². The van der Waals surface area contributed by atoms with Crippen LogP contribution < -0.4 is 21.1 Å². The van der Waals surface area contributed by atoms with Gasteiger partial charge >= 0.3 is 5.97 Å². The summed E-state index contributed by atoms with van der Waals surface area (Å²) in [5, 5.41) is 19.0. The number of halogens is 4. The number of carbonyl (C=O) groups excluding carboxylic acids is 2. The lowest BCUT2D eigenvalue weighted by molar-refractivity contribution is -0.383. The number of para-hydroxylation sites is 2. The van der Waals surface area contributed by atoms with Crippen molar-refractivity contribution in [2.45, 2.75) is 44.0 Å². The van der Waals surface area contributed by atoms with Gasteiger partial charge in [-0.15, -0.1) is 24.8 Å². The zero-order chi connectivity index (χ0) is 45.3. The molecule has 0 aliphatic rings. The molecule has 3 aromatic rings. The first-order valence-electron chi connectivity index (χ1n) is 17.7. The number of aryl methyl sites for hydroxylation is 2. The number of carboxylic acids is 1. The fourth-order valence-corrected chi connectivity index (χ4v) is 6.02. The average Bonchev–Trinajstić information content (AvgIpc) is 3.20. The van der Waals surface area contributed by atoms with Gasteiger partial charge in [-0.25, -0.2) is 0 Å². The van der Waals surface area contributed by atoms with Crippen molar-refractivity contribution in [3.8, 4) is 11.5 Å². The second-order valence-electron chi connectivity index (χ2n) is 12.1. The Morgan fingerprint density at radius 2 is 1.54 bits per heavy atom. The van der Waals surface area contributed by atoms with E-state index >= 15 is 0 Å². The zero-order valence-corrected chi connectivity index (χ0v) is 37.2. The average molecular weight is 924 g/mol. The van der Waals surface area contributed by atoms with Gasteiger partial charge in [-0.1, -0.05) is 97.2 Å². The lowest BCUT2D eigenvalue weighted by atomic mass is 10.0. The Balaban J connectivity index is 0.000000780. The molecule has 2 unspecified atom stereocenters. The summed E-state index contributed by atoms with van der Waals surface area (Å²) in [6, 6.07) is 16.7. The number of ether oxygens (including phenoxy) is 2. The number of nitrogens with two attached hydrogens (primary N) is 2. The van der Waals surface area contributed by atoms with Gasteiger partial charge < -0.3 is 35.8 Å². The van der Waals surface area contributed by atoms with Gasteiger partial charge in [0.1, 0.15) is 40.9 Å². The number of anilines is 2. The molecule has 3 rings (SSSR count). The van der Waals surface area contributed by atoms with Crippen LogP contribution in [-0.2, 0) is 36.5 Å². The Morgan fingerprint density at radius 3 is 1.95 bits per heavy atom. The van der Waals surface area contributed by atoms with Crippen molar-refractivity contribution < 1.29 is 43.3 Å². The van der Waals surface area contributed by atoms with Crippen molar-refractivity contribution in [3.63, 3.8) is 0 Å². The van der Waals surface area contributed by atoms with E-state index in [9.17, 15) is 29.1 Å². The van der Waals surface area contributed by atoms with Crippen LogP contribution in [0.25, 0.3) is 0 Å². The van der Waals surface area contributed by atoms with Gasteiger partial charge in [-0.05, 0) is 48.6 Å². The SMILES string of the molecule is C=CCN(CC=C)C(=O)C(Cl)Cl.CCc1cccc(CC)c1N(COC)C(=O)CCl.CP(=O)(O)CCC(N)C(=O)O.Nc1c([N+](=O)[O-])ccc(Oc2ccccc2)c1Cl. The van der Waals surface area contributed by atoms with E-state index < -0.39 is 29.1 Å². The smallest absolute Gasteiger partial charge is 0.320 e. The third kappa shape index (κ3) is 20.6. The number of nitro benzene ring substituents is 1. The van der Waals surface area contributed by atoms with Gasteiger partial charge in [-0.3, -0.25) is 34.0 Å². The summed E-state index contributed by atoms with van der Waals surface area (Å²) in [5.41, 5.74) is 13.6. The first-order valence-corrected chi connectivity index (χ1v) is 21.8. The zero-order valence-electron chi connectivity index (χ0n) is 33.3. The lowest BCUT2D eigenvalue weighted by Crippen LogP contribution is -2.35. The number of hydrogen-bond acceptors (Lipinski definition) is 10. The number of carboxylic acid groups (broad SMARTS) is 1. The highest BCUT2D eigenvalue weighted by molar-refractivity contribution is 7.57. The number of rotatable bonds is 18. The normalized spacial score (nSPS) is 11.7. The Bertz CT molecular complexity index is 1840. The summed E-state index contributed by atoms with van der Waals surface area (Å²) < 4.78 is 21.3. The van der Waals surface area contributed by atoms with E-state index in [2.05, 4.69) is 27.0 Å². The molecule has 15 nitrogen and oxygen atoms in total. The molecule has 0 saturated heterocycles. The number of alkyl halides is 3. The molecule has 20 heteroatoms. The first kappa shape index (κ1) is 54.8. The Hall–Kier alpha value is -4.18. The van der Waals surface area contributed by atoms with Crippen LogP contribution in [0.5, 0.6) is 11.5 Å². The van der Waals surface area contributed by atoms with Gasteiger partial charge in [0.05, 0.1) is 10.6 Å². The van der Waals surface area contributed by atoms with E-state index in [1.807, 2.05) is 24.3 Å². The molecule has 0 aromatic heterocycles. The summed E-state index contributed by atoms with van der Waals surface area (Å²) in [6.07, 6.45) is 4.97. The summed E-state index contributed by atoms with van der Waals surface area (Å²) in [7, 11) is -1.52. The minimum absolute atomic E-state index is 0.0352. The van der Waals surface area contributed by atoms with E-state index in [0.717, 1.165) is 29.7 Å². The van der Waals surface area contributed by atoms with E-state index in [0.29, 0.717) is 18.8 Å². The monoisotopic (exact) mass is 921 g/mol. The number of aliphatic carboxylic acids is 1. The molecule has 3 aromatic carbocycles. The van der Waals surface area contributed by atoms with Crippen LogP contribution in [-0.4, -0.2) is 94.1 Å². The number of carbonyl (C=O) groups is 3. The molecule has 0 spiro atoms. The van der Waals surface area contributed by atoms with Crippen LogP contribution in [0, 0.1) is 10.1 Å². The molecule has 0 heterocycles. The topological polar surface area (TPSA) is 229 Å². The molecule has 0 aliphatic heterocycles. The summed E-state index contributed by atoms with van der Waals surface area (Å²) in [6.45, 7) is 13.5. The minimum atomic E-state index is -3.10. The molecule has 0 aliphatic carbocycles. The first-order chi connectivity index (χ1) is 27.7. The van der Waals surface area contributed by atoms with E-state index in [4.69, 9.17) is 77.3 Å². The molecular formula is C39H52Cl4N5O10P. The highest BCUT2D eigenvalue weighted by atomic mass is 35.5. The van der Waals surface area contributed by atoms with E-state index in [1.165, 1.54) is 23.7 Å². The molecule has 0 bridgehead atoms. The van der Waals surface area contributed by atoms with E-state index in [1.54, 1.807) is 48.4 Å². The number of amides is 2. The maximum Gasteiger partial charge on any atom is 0.320 e. The molecule has 59 heavy (non-hydrogen) atoms. The van der Waals surface area contributed by atoms with E-state index in [-0.39, 0.29) is 59.2 Å². The largest absolute Gasteiger partial charge is 0.480 e. The third-order valence-corrected chi connectivity index (χ3v) is 9.65. The van der Waals surface area contributed by atoms with Crippen molar-refractivity contribution in [1.82, 2.24) is 4.90 Å². The molecule has 0 saturated carbocycles. The van der Waals surface area contributed by atoms with Crippen LogP contribution in [0.15, 0.2) is 86.0 Å². The van der Waals surface area contributed by atoms with Gasteiger partial charge in [0, 0.05) is 39.1 Å². The third-order valence-electron chi connectivity index (χ3n) is 7.57. The standard InChI is InChI=1S/C14H20ClNO2.C12H9ClN2O3.C8H11Cl2NO.C5H12NO4P/c1-4-11-7-6-8-12(5-2)14(11)16(10-18-3)13(17)9-15;13-11-10(18-8-4-2-1-3-5-8)7-6-9(12(11)14)15(16)17;1-3-5-11(6-4-2)8(12)7(9)10;1-11(9,10)3-2-4(6)5(7)8/h6-8H,4-5,9-10H2,1-3H3;1-7H,14H2;3-4,7H,1-2,5-6H2;4H,2-3,6H2,1H3,(H,7,8)(H,9,10). The van der Waals surface area contributed by atoms with Crippen LogP contribution in [0.1, 0.15) is 31.4 Å². The second-order valence-corrected chi connectivity index (χ2v) is 16.4. The number of nitrogens with zero attached hydrogens (tertiary/aromatic N) is 3. The number of nitrogen functional groups attached to an aromatic ring is 1. The maximum atomic E-state index is 12.0. The Kier molecular flexibility index (Phi) is 27.0. The fraction of sp³-hybridized carbons (Fsp3) is 0.359. The van der Waals surface area contributed by atoms with Crippen molar-refractivity contribution in [3.05, 3.63) is 112 Å². The number of nitro groups is 1. The van der Waals surface area contributed by atoms with Crippen molar-refractivity contribution in [2.75, 3.05) is 56.3 Å². The number of hydrogen-bond donors (Lipinski definition) is 4. The van der Waals surface area contributed by atoms with Crippen LogP contribution in [0.2, 0.25) is 5.02 Å². The Morgan fingerprint density at radius 1 is 1.00 bits per heavy atom. The predicted octanol–water partition coefficient (Wildman–Crippen LogP) is 8.29. The van der Waals surface area contributed by atoms with Crippen molar-refractivity contribution in [1.29, 1.82) is 0 Å². The van der Waals surface area contributed by atoms with Gasteiger partial charge in [0.25, 0.3) is 11.6 Å². The minimum Gasteiger partial charge on any atom is -0.480 e. The lowest BCUT2D eigenvalue weighted by Gasteiger charge is -2.26. The van der Waals surface area contributed by atoms with Gasteiger partial charge in [-0.2, -0.15) is 0 Å². The quantitative estimate of drug-likeness (QED) is 0.0180. The van der Waals surface area contributed by atoms with Gasteiger partial charge in [0.15, 0.2) is 12.2 Å². The molecule has 2 amide bonds. The molecule has 0 fully saturated rings. The van der Waals surface area contributed by atoms with Crippen molar-refractivity contribution >= 4 is 88.6 Å². The molecular weight excluding hydrogens is 871 g/mol. The fourth-order valence-electron chi connectivity index (χ4n) is 4.65. The summed E-state index contributed by atoms with van der Waals surface area (Å²) in [5.74, 6) is -0.769. The maximum absolute atomic E-state index is 12.0. The number of benzene rings is 3. The van der Waals surface area contributed by atoms with Crippen molar-refractivity contribution in [2.24, 2.45) is 5.73 Å². The van der Waals surface area contributed by atoms with Gasteiger partial charge in [0.2, 0.25) is 5.91 Å². The molecule has 326 valence electrons.